The van der Waals surface area contributed by atoms with Gasteiger partial charge in [-0.2, -0.15) is 5.26 Å². The number of anilines is 1. The van der Waals surface area contributed by atoms with E-state index in [1.807, 2.05) is 6.07 Å². The lowest BCUT2D eigenvalue weighted by atomic mass is 10.1. The molecule has 0 aromatic carbocycles. The van der Waals surface area contributed by atoms with Crippen LogP contribution in [0.1, 0.15) is 29.9 Å². The molecule has 2 saturated heterocycles. The molecule has 0 amide bonds. The van der Waals surface area contributed by atoms with Gasteiger partial charge in [0.15, 0.2) is 11.5 Å². The van der Waals surface area contributed by atoms with E-state index in [9.17, 15) is 9.65 Å². The van der Waals surface area contributed by atoms with E-state index in [-0.39, 0.29) is 6.04 Å². The van der Waals surface area contributed by atoms with Gasteiger partial charge in [-0.25, -0.2) is 19.3 Å². The first-order valence-corrected chi connectivity index (χ1v) is 9.03. The van der Waals surface area contributed by atoms with Crippen LogP contribution in [0.2, 0.25) is 0 Å². The van der Waals surface area contributed by atoms with Gasteiger partial charge in [0.2, 0.25) is 0 Å². The van der Waals surface area contributed by atoms with Crippen molar-refractivity contribution in [2.75, 3.05) is 24.5 Å². The summed E-state index contributed by atoms with van der Waals surface area (Å²) in [5, 5.41) is 9.26. The number of aromatic nitrogens is 3. The second-order valence-electron chi connectivity index (χ2n) is 6.69. The number of halogens is 1. The molecule has 2 aromatic heterocycles. The monoisotopic (exact) mass is 362 g/mol. The molecule has 0 radical (unpaired) electrons. The fourth-order valence-electron chi connectivity index (χ4n) is 3.82. The predicted molar refractivity (Wildman–Crippen MR) is 98.4 cm³/mol. The van der Waals surface area contributed by atoms with Crippen LogP contribution in [0.5, 0.6) is 0 Å². The number of hydrogen-bond acceptors (Lipinski definition) is 6. The van der Waals surface area contributed by atoms with Gasteiger partial charge >= 0.3 is 0 Å². The Hall–Kier alpha value is -3.03. The van der Waals surface area contributed by atoms with E-state index in [2.05, 4.69) is 42.7 Å². The van der Waals surface area contributed by atoms with Crippen LogP contribution in [-0.4, -0.2) is 51.6 Å². The number of alkyl halides is 1. The normalized spacial score (nSPS) is 21.9. The molecule has 2 aromatic rings. The summed E-state index contributed by atoms with van der Waals surface area (Å²) < 4.78 is 12.7. The Morgan fingerprint density at radius 2 is 2.07 bits per heavy atom. The van der Waals surface area contributed by atoms with E-state index in [1.54, 1.807) is 24.5 Å². The van der Waals surface area contributed by atoms with Crippen LogP contribution in [0.25, 0.3) is 0 Å². The SMILES string of the molecule is N#Cc1nccnc1N1CCN2[C@H](CC[C@H]2C#Cc2cccc(CF)n2)C1. The maximum Gasteiger partial charge on any atom is 0.183 e. The molecular weight excluding hydrogens is 343 g/mol. The van der Waals surface area contributed by atoms with Gasteiger partial charge in [-0.05, 0) is 30.9 Å². The number of pyridine rings is 1. The molecule has 2 aliphatic heterocycles. The Kier molecular flexibility index (Phi) is 4.95. The minimum absolute atomic E-state index is 0.185. The highest BCUT2D eigenvalue weighted by Crippen LogP contribution is 2.29. The smallest absolute Gasteiger partial charge is 0.183 e. The zero-order chi connectivity index (χ0) is 18.6. The van der Waals surface area contributed by atoms with Crippen molar-refractivity contribution in [1.29, 1.82) is 5.26 Å². The summed E-state index contributed by atoms with van der Waals surface area (Å²) in [5.74, 6) is 7.09. The van der Waals surface area contributed by atoms with Crippen molar-refractivity contribution in [3.63, 3.8) is 0 Å². The van der Waals surface area contributed by atoms with Gasteiger partial charge in [-0.1, -0.05) is 12.0 Å². The van der Waals surface area contributed by atoms with Gasteiger partial charge < -0.3 is 4.90 Å². The first kappa shape index (κ1) is 17.4. The lowest BCUT2D eigenvalue weighted by Gasteiger charge is -2.39. The van der Waals surface area contributed by atoms with E-state index in [4.69, 9.17) is 0 Å². The summed E-state index contributed by atoms with van der Waals surface area (Å²) in [7, 11) is 0. The fourth-order valence-corrected chi connectivity index (χ4v) is 3.82. The first-order valence-electron chi connectivity index (χ1n) is 9.03. The zero-order valence-electron chi connectivity index (χ0n) is 14.8. The van der Waals surface area contributed by atoms with Gasteiger partial charge in [0, 0.05) is 38.1 Å². The van der Waals surface area contributed by atoms with Crippen molar-refractivity contribution in [1.82, 2.24) is 19.9 Å². The quantitative estimate of drug-likeness (QED) is 0.761. The summed E-state index contributed by atoms with van der Waals surface area (Å²) >= 11 is 0. The molecule has 0 bridgehead atoms. The second-order valence-corrected chi connectivity index (χ2v) is 6.69. The molecule has 2 fully saturated rings. The molecule has 27 heavy (non-hydrogen) atoms. The minimum atomic E-state index is -0.573. The second kappa shape index (κ2) is 7.69. The lowest BCUT2D eigenvalue weighted by Crippen LogP contribution is -2.52. The predicted octanol–water partition coefficient (Wildman–Crippen LogP) is 1.92. The van der Waals surface area contributed by atoms with Crippen LogP contribution < -0.4 is 4.90 Å². The van der Waals surface area contributed by atoms with Crippen LogP contribution in [0, 0.1) is 23.2 Å². The number of hydrogen-bond donors (Lipinski definition) is 0. The van der Waals surface area contributed by atoms with E-state index in [0.29, 0.717) is 28.9 Å². The third kappa shape index (κ3) is 3.60. The Morgan fingerprint density at radius 1 is 1.19 bits per heavy atom. The fraction of sp³-hybridized carbons (Fsp3) is 0.400. The highest BCUT2D eigenvalue weighted by molar-refractivity contribution is 5.50. The topological polar surface area (TPSA) is 68.9 Å². The molecule has 0 spiro atoms. The Morgan fingerprint density at radius 3 is 2.93 bits per heavy atom. The van der Waals surface area contributed by atoms with Crippen LogP contribution in [0.3, 0.4) is 0 Å². The van der Waals surface area contributed by atoms with Crippen LogP contribution >= 0.6 is 0 Å². The molecule has 4 rings (SSSR count). The van der Waals surface area contributed by atoms with Crippen molar-refractivity contribution in [2.24, 2.45) is 0 Å². The molecule has 2 aliphatic rings. The highest BCUT2D eigenvalue weighted by atomic mass is 19.1. The van der Waals surface area contributed by atoms with Crippen LogP contribution in [0.15, 0.2) is 30.6 Å². The van der Waals surface area contributed by atoms with Gasteiger partial charge in [-0.3, -0.25) is 4.90 Å². The average molecular weight is 362 g/mol. The summed E-state index contributed by atoms with van der Waals surface area (Å²) in [5.41, 5.74) is 1.40. The maximum atomic E-state index is 12.7. The van der Waals surface area contributed by atoms with E-state index in [0.717, 1.165) is 32.5 Å². The standard InChI is InChI=1S/C20H19FN6/c21-12-16-3-1-2-15(25-16)4-5-17-6-7-18-14-26(10-11-27(17)18)20-19(13-22)23-8-9-24-20/h1-3,8-9,17-18H,6-7,10-12,14H2/t17-,18-/m1/s1. The first-order chi connectivity index (χ1) is 13.3. The Balaban J connectivity index is 1.46. The lowest BCUT2D eigenvalue weighted by molar-refractivity contribution is 0.202. The number of fused-ring (bicyclic) bond motifs is 1. The molecule has 2 atom stereocenters. The van der Waals surface area contributed by atoms with Gasteiger partial charge in [-0.15, -0.1) is 0 Å². The summed E-state index contributed by atoms with van der Waals surface area (Å²) in [6.45, 7) is 1.90. The van der Waals surface area contributed by atoms with Crippen molar-refractivity contribution in [3.8, 4) is 17.9 Å². The third-order valence-corrected chi connectivity index (χ3v) is 5.10. The number of nitrogens with zero attached hydrogens (tertiary/aromatic N) is 6. The number of nitriles is 1. The summed E-state index contributed by atoms with van der Waals surface area (Å²) in [4.78, 5) is 17.2. The molecule has 136 valence electrons. The third-order valence-electron chi connectivity index (χ3n) is 5.10. The molecule has 7 heteroatoms. The van der Waals surface area contributed by atoms with Crippen molar-refractivity contribution >= 4 is 5.82 Å². The van der Waals surface area contributed by atoms with E-state index >= 15 is 0 Å². The molecule has 0 N–H and O–H groups in total. The average Bonchev–Trinajstić information content (AvgIpc) is 3.14. The maximum absolute atomic E-state index is 12.7. The largest absolute Gasteiger partial charge is 0.351 e. The Labute approximate surface area is 157 Å². The van der Waals surface area contributed by atoms with Gasteiger partial charge in [0.1, 0.15) is 18.4 Å². The number of piperazine rings is 1. The zero-order valence-corrected chi connectivity index (χ0v) is 14.8. The molecule has 6 nitrogen and oxygen atoms in total. The molecule has 0 unspecified atom stereocenters. The summed E-state index contributed by atoms with van der Waals surface area (Å²) in [6, 6.07) is 7.96. The van der Waals surface area contributed by atoms with Gasteiger partial charge in [0.05, 0.1) is 11.7 Å². The van der Waals surface area contributed by atoms with E-state index in [1.165, 1.54) is 0 Å². The van der Waals surface area contributed by atoms with Crippen molar-refractivity contribution in [2.45, 2.75) is 31.6 Å². The van der Waals surface area contributed by atoms with Crippen LogP contribution in [-0.2, 0) is 6.67 Å². The van der Waals surface area contributed by atoms with E-state index < -0.39 is 6.67 Å². The molecule has 4 heterocycles. The van der Waals surface area contributed by atoms with Gasteiger partial charge in [0.25, 0.3) is 0 Å². The Bertz CT molecular complexity index is 928. The number of rotatable bonds is 2. The van der Waals surface area contributed by atoms with Crippen LogP contribution in [0.4, 0.5) is 10.2 Å². The molecular formula is C20H19FN6. The molecule has 0 aliphatic carbocycles. The summed E-state index contributed by atoms with van der Waals surface area (Å²) in [6.07, 6.45) is 5.23. The van der Waals surface area contributed by atoms with Crippen molar-refractivity contribution in [3.05, 3.63) is 47.7 Å². The molecule has 0 saturated carbocycles. The van der Waals surface area contributed by atoms with Crippen molar-refractivity contribution < 1.29 is 4.39 Å². The highest BCUT2D eigenvalue weighted by Gasteiger charge is 2.37. The minimum Gasteiger partial charge on any atom is -0.351 e.